The zero-order chi connectivity index (χ0) is 21.9. The summed E-state index contributed by atoms with van der Waals surface area (Å²) in [5.74, 6) is -0.0212. The number of nitrogens with zero attached hydrogens (tertiary/aromatic N) is 1. The normalized spacial score (nSPS) is 17.5. The molecule has 0 saturated carbocycles. The lowest BCUT2D eigenvalue weighted by molar-refractivity contribution is -0.131. The fourth-order valence-electron chi connectivity index (χ4n) is 3.80. The highest BCUT2D eigenvalue weighted by Gasteiger charge is 2.42. The number of nitrogens with one attached hydrogen (secondary N) is 1. The van der Waals surface area contributed by atoms with Crippen molar-refractivity contribution in [2.75, 3.05) is 27.3 Å². The monoisotopic (exact) mass is 430 g/mol. The van der Waals surface area contributed by atoms with Gasteiger partial charge in [-0.15, -0.1) is 0 Å². The molecule has 1 N–H and O–H groups in total. The number of hydrogen-bond acceptors (Lipinski definition) is 4. The van der Waals surface area contributed by atoms with Crippen LogP contribution in [0.1, 0.15) is 42.5 Å². The summed E-state index contributed by atoms with van der Waals surface area (Å²) in [5, 5.41) is 3.15. The number of aryl methyl sites for hydroxylation is 1. The van der Waals surface area contributed by atoms with Gasteiger partial charge >= 0.3 is 0 Å². The van der Waals surface area contributed by atoms with Gasteiger partial charge in [-0.05, 0) is 49.9 Å². The molecule has 0 aromatic heterocycles. The first-order chi connectivity index (χ1) is 14.2. The van der Waals surface area contributed by atoms with Crippen LogP contribution in [0.15, 0.2) is 53.4 Å². The van der Waals surface area contributed by atoms with Crippen molar-refractivity contribution in [1.29, 1.82) is 0 Å². The first-order valence-electron chi connectivity index (χ1n) is 10.2. The van der Waals surface area contributed by atoms with E-state index in [1.54, 1.807) is 24.3 Å². The molecule has 30 heavy (non-hydrogen) atoms. The predicted octanol–water partition coefficient (Wildman–Crippen LogP) is 3.17. The summed E-state index contributed by atoms with van der Waals surface area (Å²) in [7, 11) is -0.468. The number of amides is 1. The molecule has 1 unspecified atom stereocenters. The summed E-state index contributed by atoms with van der Waals surface area (Å²) in [6.45, 7) is 5.04. The Balaban J connectivity index is 1.81. The summed E-state index contributed by atoms with van der Waals surface area (Å²) in [6.07, 6.45) is 1.27. The van der Waals surface area contributed by atoms with Gasteiger partial charge in [-0.3, -0.25) is 4.79 Å². The molecule has 1 fully saturated rings. The maximum atomic E-state index is 13.4. The van der Waals surface area contributed by atoms with Gasteiger partial charge < -0.3 is 10.1 Å². The van der Waals surface area contributed by atoms with Crippen LogP contribution in [0.2, 0.25) is 0 Å². The van der Waals surface area contributed by atoms with Gasteiger partial charge in [0.1, 0.15) is 0 Å². The van der Waals surface area contributed by atoms with E-state index in [0.29, 0.717) is 26.1 Å². The summed E-state index contributed by atoms with van der Waals surface area (Å²) in [4.78, 5) is 13.7. The summed E-state index contributed by atoms with van der Waals surface area (Å²) in [5.41, 5.74) is 2.40. The zero-order valence-electron chi connectivity index (χ0n) is 18.0. The molecule has 1 saturated heterocycles. The Morgan fingerprint density at radius 3 is 2.13 bits per heavy atom. The highest BCUT2D eigenvalue weighted by Crippen LogP contribution is 2.36. The summed E-state index contributed by atoms with van der Waals surface area (Å²) < 4.78 is 31.2. The summed E-state index contributed by atoms with van der Waals surface area (Å²) >= 11 is 0. The van der Waals surface area contributed by atoms with Gasteiger partial charge in [0.25, 0.3) is 0 Å². The highest BCUT2D eigenvalue weighted by molar-refractivity contribution is 7.89. The molecule has 1 heterocycles. The van der Waals surface area contributed by atoms with E-state index in [-0.39, 0.29) is 16.8 Å². The molecule has 2 aromatic rings. The third-order valence-electron chi connectivity index (χ3n) is 5.89. The highest BCUT2D eigenvalue weighted by atomic mass is 32.2. The maximum Gasteiger partial charge on any atom is 0.242 e. The minimum absolute atomic E-state index is 0.0212. The van der Waals surface area contributed by atoms with Crippen LogP contribution < -0.4 is 5.32 Å². The molecule has 0 radical (unpaired) electrons. The third-order valence-corrected chi connectivity index (χ3v) is 7.72. The topological polar surface area (TPSA) is 75.7 Å². The van der Waals surface area contributed by atoms with E-state index < -0.39 is 15.4 Å². The number of ether oxygens (including phenoxy) is 1. The Labute approximate surface area is 179 Å². The Morgan fingerprint density at radius 2 is 1.60 bits per heavy atom. The van der Waals surface area contributed by atoms with Crippen LogP contribution in [0, 0.1) is 6.92 Å². The Bertz CT molecular complexity index is 977. The first kappa shape index (κ1) is 22.5. The van der Waals surface area contributed by atoms with Crippen molar-refractivity contribution >= 4 is 15.9 Å². The molecular weight excluding hydrogens is 400 g/mol. The molecule has 1 aliphatic heterocycles. The third kappa shape index (κ3) is 4.43. The SMILES string of the molecule is Cc1ccc(C2(C(=O)NC(C)c3ccc(S(=O)(=O)N(C)C)cc3)CCOCC2)cc1. The minimum atomic E-state index is -3.48. The van der Waals surface area contributed by atoms with Gasteiger partial charge in [-0.1, -0.05) is 42.0 Å². The van der Waals surface area contributed by atoms with Gasteiger partial charge in [-0.2, -0.15) is 0 Å². The molecule has 0 bridgehead atoms. The number of sulfonamides is 1. The number of carbonyl (C=O) groups is 1. The van der Waals surface area contributed by atoms with E-state index in [1.165, 1.54) is 18.4 Å². The number of benzene rings is 2. The average molecular weight is 431 g/mol. The fourth-order valence-corrected chi connectivity index (χ4v) is 4.70. The van der Waals surface area contributed by atoms with Gasteiger partial charge in [-0.25, -0.2) is 12.7 Å². The van der Waals surface area contributed by atoms with E-state index in [9.17, 15) is 13.2 Å². The number of rotatable bonds is 6. The molecule has 3 rings (SSSR count). The van der Waals surface area contributed by atoms with Crippen LogP contribution in [0.5, 0.6) is 0 Å². The van der Waals surface area contributed by atoms with Crippen LogP contribution in [0.25, 0.3) is 0 Å². The predicted molar refractivity (Wildman–Crippen MR) is 117 cm³/mol. The van der Waals surface area contributed by atoms with E-state index in [4.69, 9.17) is 4.74 Å². The molecular formula is C23H30N2O4S. The Hall–Kier alpha value is -2.22. The van der Waals surface area contributed by atoms with Crippen LogP contribution in [0.4, 0.5) is 0 Å². The number of hydrogen-bond donors (Lipinski definition) is 1. The van der Waals surface area contributed by atoms with Gasteiger partial charge in [0.05, 0.1) is 16.4 Å². The minimum Gasteiger partial charge on any atom is -0.381 e. The van der Waals surface area contributed by atoms with Crippen molar-refractivity contribution < 1.29 is 17.9 Å². The van der Waals surface area contributed by atoms with E-state index in [1.807, 2.05) is 38.1 Å². The average Bonchev–Trinajstić information content (AvgIpc) is 2.74. The van der Waals surface area contributed by atoms with Gasteiger partial charge in [0.15, 0.2) is 0 Å². The van der Waals surface area contributed by atoms with Gasteiger partial charge in [0.2, 0.25) is 15.9 Å². The lowest BCUT2D eigenvalue weighted by atomic mass is 9.73. The molecule has 1 atom stereocenters. The molecule has 0 spiro atoms. The van der Waals surface area contributed by atoms with Crippen molar-refractivity contribution in [3.8, 4) is 0 Å². The lowest BCUT2D eigenvalue weighted by Crippen LogP contribution is -2.48. The Morgan fingerprint density at radius 1 is 1.03 bits per heavy atom. The maximum absolute atomic E-state index is 13.4. The molecule has 1 aliphatic rings. The standard InChI is InChI=1S/C23H30N2O4S/c1-17-5-9-20(10-6-17)23(13-15-29-16-14-23)22(26)24-18(2)19-7-11-21(12-8-19)30(27,28)25(3)4/h5-12,18H,13-16H2,1-4H3,(H,24,26). The second kappa shape index (κ2) is 8.88. The molecule has 1 amide bonds. The molecule has 2 aromatic carbocycles. The summed E-state index contributed by atoms with van der Waals surface area (Å²) in [6, 6.07) is 14.6. The lowest BCUT2D eigenvalue weighted by Gasteiger charge is -2.37. The molecule has 7 heteroatoms. The second-order valence-electron chi connectivity index (χ2n) is 8.11. The zero-order valence-corrected chi connectivity index (χ0v) is 18.8. The molecule has 0 aliphatic carbocycles. The van der Waals surface area contributed by atoms with Crippen LogP contribution in [-0.4, -0.2) is 45.9 Å². The smallest absolute Gasteiger partial charge is 0.242 e. The van der Waals surface area contributed by atoms with Crippen molar-refractivity contribution in [2.45, 2.75) is 43.0 Å². The Kier molecular flexibility index (Phi) is 6.65. The second-order valence-corrected chi connectivity index (χ2v) is 10.3. The number of carbonyl (C=O) groups excluding carboxylic acids is 1. The quantitative estimate of drug-likeness (QED) is 0.764. The largest absolute Gasteiger partial charge is 0.381 e. The van der Waals surface area contributed by atoms with Crippen LogP contribution in [-0.2, 0) is 25.0 Å². The fraction of sp³-hybridized carbons (Fsp3) is 0.435. The molecule has 6 nitrogen and oxygen atoms in total. The van der Waals surface area contributed by atoms with Crippen molar-refractivity contribution in [1.82, 2.24) is 9.62 Å². The molecule has 162 valence electrons. The van der Waals surface area contributed by atoms with E-state index >= 15 is 0 Å². The van der Waals surface area contributed by atoms with Crippen molar-refractivity contribution in [3.63, 3.8) is 0 Å². The van der Waals surface area contributed by atoms with Crippen molar-refractivity contribution in [2.24, 2.45) is 0 Å². The van der Waals surface area contributed by atoms with Crippen LogP contribution in [0.3, 0.4) is 0 Å². The van der Waals surface area contributed by atoms with Crippen molar-refractivity contribution in [3.05, 3.63) is 65.2 Å². The first-order valence-corrected chi connectivity index (χ1v) is 11.6. The van der Waals surface area contributed by atoms with Gasteiger partial charge in [0, 0.05) is 27.3 Å². The van der Waals surface area contributed by atoms with E-state index in [2.05, 4.69) is 5.32 Å². The van der Waals surface area contributed by atoms with Crippen LogP contribution >= 0.6 is 0 Å². The van der Waals surface area contributed by atoms with E-state index in [0.717, 1.165) is 16.7 Å².